The summed E-state index contributed by atoms with van der Waals surface area (Å²) in [6.07, 6.45) is 1.52. The summed E-state index contributed by atoms with van der Waals surface area (Å²) in [6, 6.07) is 2.99. The van der Waals surface area contributed by atoms with E-state index in [-0.39, 0.29) is 5.56 Å². The van der Waals surface area contributed by atoms with Crippen LogP contribution in [0.25, 0.3) is 0 Å². The summed E-state index contributed by atoms with van der Waals surface area (Å²) < 4.78 is 0. The van der Waals surface area contributed by atoms with E-state index in [2.05, 4.69) is 30.0 Å². The van der Waals surface area contributed by atoms with E-state index < -0.39 is 0 Å². The lowest BCUT2D eigenvalue weighted by Crippen LogP contribution is -2.02. The summed E-state index contributed by atoms with van der Waals surface area (Å²) in [7, 11) is 2.56. The minimum atomic E-state index is -0.164. The van der Waals surface area contributed by atoms with Gasteiger partial charge in [0.2, 0.25) is 0 Å². The highest BCUT2D eigenvalue weighted by molar-refractivity contribution is 7.88. The predicted molar refractivity (Wildman–Crippen MR) is 40.5 cm³/mol. The van der Waals surface area contributed by atoms with Crippen LogP contribution in [0.5, 0.6) is 0 Å². The molecule has 0 saturated carbocycles. The van der Waals surface area contributed by atoms with Crippen molar-refractivity contribution in [1.82, 2.24) is 10.2 Å². The molecule has 0 fully saturated rings. The van der Waals surface area contributed by atoms with Crippen LogP contribution in [0.15, 0.2) is 23.1 Å². The molecule has 0 aliphatic heterocycles. The van der Waals surface area contributed by atoms with Crippen molar-refractivity contribution in [3.05, 3.63) is 28.7 Å². The first-order chi connectivity index (χ1) is 4.39. The van der Waals surface area contributed by atoms with Crippen LogP contribution in [0.4, 0.5) is 0 Å². The minimum Gasteiger partial charge on any atom is -0.268 e. The van der Waals surface area contributed by atoms with Gasteiger partial charge in [0.15, 0.2) is 0 Å². The number of nitrogens with zero attached hydrogens (tertiary/aromatic N) is 1. The Bertz CT molecular complexity index is 196. The largest absolute Gasteiger partial charge is 0.268 e. The minimum absolute atomic E-state index is 0.164. The van der Waals surface area contributed by atoms with Gasteiger partial charge in [0.05, 0.1) is 0 Å². The van der Waals surface area contributed by atoms with E-state index in [1.54, 1.807) is 6.07 Å². The molecule has 1 aromatic rings. The van der Waals surface area contributed by atoms with Crippen molar-refractivity contribution in [2.45, 2.75) is 0 Å². The maximum atomic E-state index is 10.2. The summed E-state index contributed by atoms with van der Waals surface area (Å²) in [5, 5.41) is 5.67. The Labute approximate surface area is 59.4 Å². The number of nitrogens with one attached hydrogen (secondary N) is 1. The molecule has 0 aliphatic carbocycles. The van der Waals surface area contributed by atoms with Gasteiger partial charge in [0, 0.05) is 12.3 Å². The Morgan fingerprint density at radius 1 is 1.67 bits per heavy atom. The molecule has 0 unspecified atom stereocenters. The summed E-state index contributed by atoms with van der Waals surface area (Å²) in [6.45, 7) is 0. The van der Waals surface area contributed by atoms with Crippen LogP contribution in [0.2, 0.25) is 0 Å². The van der Waals surface area contributed by atoms with Gasteiger partial charge in [0.1, 0.15) is 0 Å². The SMILES string of the molecule is O=c1cccn[nH]1.P=S. The third-order valence-electron chi connectivity index (χ3n) is 0.583. The Kier molecular flexibility index (Phi) is 5.17. The quantitative estimate of drug-likeness (QED) is 0.557. The second-order valence-corrected chi connectivity index (χ2v) is 1.11. The number of rotatable bonds is 0. The van der Waals surface area contributed by atoms with Gasteiger partial charge in [-0.2, -0.15) is 5.10 Å². The second kappa shape index (κ2) is 5.54. The smallest absolute Gasteiger partial charge is 0.264 e. The van der Waals surface area contributed by atoms with Crippen molar-refractivity contribution in [1.29, 1.82) is 0 Å². The van der Waals surface area contributed by atoms with Gasteiger partial charge in [-0.15, -0.1) is 0 Å². The highest BCUT2D eigenvalue weighted by atomic mass is 32.4. The average molecular weight is 160 g/mol. The monoisotopic (exact) mass is 160 g/mol. The Hall–Kier alpha value is -0.600. The van der Waals surface area contributed by atoms with Crippen molar-refractivity contribution in [2.75, 3.05) is 0 Å². The maximum Gasteiger partial charge on any atom is 0.264 e. The molecule has 0 radical (unpaired) electrons. The fourth-order valence-electron chi connectivity index (χ4n) is 0.312. The highest BCUT2D eigenvalue weighted by Crippen LogP contribution is 1.60. The van der Waals surface area contributed by atoms with E-state index in [0.717, 1.165) is 0 Å². The number of aromatic amines is 1. The van der Waals surface area contributed by atoms with Gasteiger partial charge < -0.3 is 0 Å². The lowest BCUT2D eigenvalue weighted by molar-refractivity contribution is 0.988. The van der Waals surface area contributed by atoms with Gasteiger partial charge in [-0.05, 0) is 14.1 Å². The fraction of sp³-hybridized carbons (Fsp3) is 0. The number of H-pyrrole nitrogens is 1. The topological polar surface area (TPSA) is 45.8 Å². The van der Waals surface area contributed by atoms with E-state index in [1.807, 2.05) is 0 Å². The van der Waals surface area contributed by atoms with Crippen LogP contribution in [0.1, 0.15) is 0 Å². The zero-order valence-corrected chi connectivity index (χ0v) is 6.31. The molecule has 0 spiro atoms. The molecule has 0 saturated heterocycles. The molecule has 0 atom stereocenters. The number of aromatic nitrogens is 2. The molecular formula is C4H5N2OPS. The predicted octanol–water partition coefficient (Wildman–Crippen LogP) is 0.361. The molecule has 48 valence electrons. The average Bonchev–Trinajstić information content (AvgIpc) is 1.94. The molecule has 0 aromatic carbocycles. The van der Waals surface area contributed by atoms with Crippen molar-refractivity contribution < 1.29 is 0 Å². The molecule has 1 rings (SSSR count). The summed E-state index contributed by atoms with van der Waals surface area (Å²) in [5.74, 6) is 0. The standard InChI is InChI=1S/C4H4N2O.HPS/c7-4-2-1-3-5-6-4;1-2/h1-3H,(H,6,7);1H. The molecule has 0 amide bonds. The first kappa shape index (κ1) is 8.40. The lowest BCUT2D eigenvalue weighted by atomic mass is 10.6. The maximum absolute atomic E-state index is 10.2. The van der Waals surface area contributed by atoms with Gasteiger partial charge in [-0.3, -0.25) is 4.79 Å². The zero-order chi connectivity index (χ0) is 7.11. The van der Waals surface area contributed by atoms with Crippen molar-refractivity contribution >= 4 is 19.8 Å². The molecule has 3 nitrogen and oxygen atoms in total. The van der Waals surface area contributed by atoms with E-state index >= 15 is 0 Å². The van der Waals surface area contributed by atoms with E-state index in [1.165, 1.54) is 12.3 Å². The molecule has 9 heavy (non-hydrogen) atoms. The molecule has 0 aliphatic rings. The van der Waals surface area contributed by atoms with Crippen LogP contribution in [0, 0.1) is 0 Å². The highest BCUT2D eigenvalue weighted by Gasteiger charge is 1.70. The summed E-state index contributed by atoms with van der Waals surface area (Å²) in [4.78, 5) is 10.2. The fourth-order valence-corrected chi connectivity index (χ4v) is 0.312. The normalized spacial score (nSPS) is 7.11. The summed E-state index contributed by atoms with van der Waals surface area (Å²) >= 11 is 3.89. The number of hydrogen-bond acceptors (Lipinski definition) is 3. The third-order valence-corrected chi connectivity index (χ3v) is 0.583. The summed E-state index contributed by atoms with van der Waals surface area (Å²) in [5.41, 5.74) is -0.164. The molecule has 1 aromatic heterocycles. The van der Waals surface area contributed by atoms with Crippen molar-refractivity contribution in [2.24, 2.45) is 0 Å². The van der Waals surface area contributed by atoms with Crippen LogP contribution in [-0.4, -0.2) is 10.2 Å². The van der Waals surface area contributed by atoms with Gasteiger partial charge >= 0.3 is 0 Å². The van der Waals surface area contributed by atoms with Gasteiger partial charge in [0.25, 0.3) is 5.56 Å². The lowest BCUT2D eigenvalue weighted by Gasteiger charge is -1.72. The first-order valence-electron chi connectivity index (χ1n) is 2.10. The second-order valence-electron chi connectivity index (χ2n) is 1.11. The van der Waals surface area contributed by atoms with Gasteiger partial charge in [-0.25, -0.2) is 5.10 Å². The Morgan fingerprint density at radius 2 is 2.33 bits per heavy atom. The Morgan fingerprint density at radius 3 is 2.56 bits per heavy atom. The van der Waals surface area contributed by atoms with Crippen molar-refractivity contribution in [3.63, 3.8) is 0 Å². The molecule has 1 N–H and O–H groups in total. The molecule has 1 heterocycles. The van der Waals surface area contributed by atoms with Crippen LogP contribution in [-0.2, 0) is 11.8 Å². The number of hydrogen-bond donors (Lipinski definition) is 1. The molecular weight excluding hydrogens is 155 g/mol. The first-order valence-corrected chi connectivity index (χ1v) is 3.73. The van der Waals surface area contributed by atoms with Gasteiger partial charge in [-0.1, -0.05) is 11.8 Å². The van der Waals surface area contributed by atoms with Crippen LogP contribution < -0.4 is 5.56 Å². The van der Waals surface area contributed by atoms with Crippen LogP contribution >= 0.6 is 8.02 Å². The van der Waals surface area contributed by atoms with E-state index in [0.29, 0.717) is 0 Å². The Balaban J connectivity index is 0.000000291. The van der Waals surface area contributed by atoms with Crippen molar-refractivity contribution in [3.8, 4) is 0 Å². The van der Waals surface area contributed by atoms with Crippen LogP contribution in [0.3, 0.4) is 0 Å². The molecule has 0 bridgehead atoms. The van der Waals surface area contributed by atoms with E-state index in [9.17, 15) is 4.79 Å². The zero-order valence-electron chi connectivity index (χ0n) is 4.50. The van der Waals surface area contributed by atoms with E-state index in [4.69, 9.17) is 0 Å². The third kappa shape index (κ3) is 3.94. The molecule has 5 heteroatoms.